The van der Waals surface area contributed by atoms with Crippen LogP contribution in [-0.4, -0.2) is 29.1 Å². The van der Waals surface area contributed by atoms with E-state index in [2.05, 4.69) is 10.3 Å². The third kappa shape index (κ3) is 2.83. The molecule has 0 spiro atoms. The molecule has 0 aliphatic carbocycles. The summed E-state index contributed by atoms with van der Waals surface area (Å²) in [6.45, 7) is 2.37. The topological polar surface area (TPSA) is 65.1 Å². The molecule has 96 valence electrons. The number of H-pyrrole nitrogens is 1. The number of nitrogens with one attached hydrogen (secondary N) is 2. The summed E-state index contributed by atoms with van der Waals surface area (Å²) in [7, 11) is 0. The van der Waals surface area contributed by atoms with Gasteiger partial charge in [0.05, 0.1) is 0 Å². The third-order valence-corrected chi connectivity index (χ3v) is 2.99. The largest absolute Gasteiger partial charge is 0.396 e. The van der Waals surface area contributed by atoms with Gasteiger partial charge in [-0.25, -0.2) is 0 Å². The molecule has 1 amide bonds. The van der Waals surface area contributed by atoms with E-state index in [9.17, 15) is 4.79 Å². The number of aromatic nitrogens is 1. The van der Waals surface area contributed by atoms with Crippen molar-refractivity contribution in [3.63, 3.8) is 0 Å². The summed E-state index contributed by atoms with van der Waals surface area (Å²) in [5.74, 6) is -0.129. The Labute approximate surface area is 110 Å². The number of carbonyl (C=O) groups is 1. The molecule has 4 nitrogen and oxygen atoms in total. The van der Waals surface area contributed by atoms with Gasteiger partial charge >= 0.3 is 0 Å². The monoisotopic (exact) mass is 266 g/mol. The smallest absolute Gasteiger partial charge is 0.267 e. The molecular weight excluding hydrogens is 252 g/mol. The number of aliphatic hydroxyl groups excluding tert-OH is 1. The molecule has 0 saturated carbocycles. The quantitative estimate of drug-likeness (QED) is 0.794. The van der Waals surface area contributed by atoms with Crippen LogP contribution in [0.5, 0.6) is 0 Å². The maximum absolute atomic E-state index is 11.9. The summed E-state index contributed by atoms with van der Waals surface area (Å²) in [4.78, 5) is 14.9. The zero-order valence-electron chi connectivity index (χ0n) is 10.0. The first-order valence-corrected chi connectivity index (χ1v) is 6.15. The number of rotatable bonds is 4. The predicted octanol–water partition coefficient (Wildman–Crippen LogP) is 2.18. The zero-order valence-corrected chi connectivity index (χ0v) is 10.8. The Bertz CT molecular complexity index is 565. The molecule has 0 aliphatic heterocycles. The predicted molar refractivity (Wildman–Crippen MR) is 71.9 cm³/mol. The standard InChI is InChI=1S/C13H15ClN2O2/c1-8(7-17)6-15-13(18)12-4-9-2-3-10(14)5-11(9)16-12/h2-5,8,16-17H,6-7H2,1H3,(H,15,18). The lowest BCUT2D eigenvalue weighted by atomic mass is 10.2. The van der Waals surface area contributed by atoms with Gasteiger partial charge in [0.15, 0.2) is 0 Å². The van der Waals surface area contributed by atoms with Crippen molar-refractivity contribution >= 4 is 28.4 Å². The van der Waals surface area contributed by atoms with Gasteiger partial charge in [-0.05, 0) is 24.1 Å². The van der Waals surface area contributed by atoms with Crippen LogP contribution in [0.4, 0.5) is 0 Å². The number of benzene rings is 1. The summed E-state index contributed by atoms with van der Waals surface area (Å²) >= 11 is 5.88. The van der Waals surface area contributed by atoms with Gasteiger partial charge in [0.25, 0.3) is 5.91 Å². The van der Waals surface area contributed by atoms with E-state index in [0.717, 1.165) is 10.9 Å². The number of fused-ring (bicyclic) bond motifs is 1. The Kier molecular flexibility index (Phi) is 3.89. The number of amides is 1. The van der Waals surface area contributed by atoms with Crippen molar-refractivity contribution in [1.29, 1.82) is 0 Å². The molecule has 18 heavy (non-hydrogen) atoms. The molecule has 2 rings (SSSR count). The molecule has 0 bridgehead atoms. The molecule has 0 aliphatic rings. The van der Waals surface area contributed by atoms with Crippen molar-refractivity contribution < 1.29 is 9.90 Å². The van der Waals surface area contributed by atoms with Crippen LogP contribution in [0.25, 0.3) is 10.9 Å². The lowest BCUT2D eigenvalue weighted by Crippen LogP contribution is -2.29. The Morgan fingerprint density at radius 1 is 1.50 bits per heavy atom. The van der Waals surface area contributed by atoms with Crippen LogP contribution < -0.4 is 5.32 Å². The normalized spacial score (nSPS) is 12.6. The fourth-order valence-electron chi connectivity index (χ4n) is 1.65. The van der Waals surface area contributed by atoms with Gasteiger partial charge in [-0.3, -0.25) is 4.79 Å². The van der Waals surface area contributed by atoms with E-state index in [4.69, 9.17) is 16.7 Å². The number of hydrogen-bond acceptors (Lipinski definition) is 2. The maximum Gasteiger partial charge on any atom is 0.267 e. The second-order valence-corrected chi connectivity index (χ2v) is 4.85. The van der Waals surface area contributed by atoms with Crippen LogP contribution in [0.3, 0.4) is 0 Å². The Morgan fingerprint density at radius 3 is 3.00 bits per heavy atom. The van der Waals surface area contributed by atoms with E-state index in [1.54, 1.807) is 18.2 Å². The van der Waals surface area contributed by atoms with E-state index in [1.165, 1.54) is 0 Å². The highest BCUT2D eigenvalue weighted by atomic mass is 35.5. The van der Waals surface area contributed by atoms with Gasteiger partial charge in [-0.1, -0.05) is 24.6 Å². The minimum atomic E-state index is -0.178. The van der Waals surface area contributed by atoms with Crippen LogP contribution in [0.2, 0.25) is 5.02 Å². The Balaban J connectivity index is 2.13. The lowest BCUT2D eigenvalue weighted by Gasteiger charge is -2.08. The molecule has 1 aromatic carbocycles. The van der Waals surface area contributed by atoms with Crippen molar-refractivity contribution in [2.24, 2.45) is 5.92 Å². The highest BCUT2D eigenvalue weighted by molar-refractivity contribution is 6.31. The van der Waals surface area contributed by atoms with E-state index >= 15 is 0 Å². The SMILES string of the molecule is CC(CO)CNC(=O)c1cc2ccc(Cl)cc2[nH]1. The van der Waals surface area contributed by atoms with E-state index < -0.39 is 0 Å². The van der Waals surface area contributed by atoms with Gasteiger partial charge < -0.3 is 15.4 Å². The minimum absolute atomic E-state index is 0.0489. The van der Waals surface area contributed by atoms with Crippen molar-refractivity contribution in [3.8, 4) is 0 Å². The average molecular weight is 267 g/mol. The van der Waals surface area contributed by atoms with Gasteiger partial charge in [0.1, 0.15) is 5.69 Å². The Morgan fingerprint density at radius 2 is 2.28 bits per heavy atom. The van der Waals surface area contributed by atoms with Crippen LogP contribution >= 0.6 is 11.6 Å². The molecule has 5 heteroatoms. The Hall–Kier alpha value is -1.52. The molecule has 1 heterocycles. The lowest BCUT2D eigenvalue weighted by molar-refractivity contribution is 0.0938. The molecule has 0 radical (unpaired) electrons. The van der Waals surface area contributed by atoms with Crippen molar-refractivity contribution in [2.75, 3.05) is 13.2 Å². The number of aliphatic hydroxyl groups is 1. The van der Waals surface area contributed by atoms with Crippen LogP contribution in [0, 0.1) is 5.92 Å². The summed E-state index contributed by atoms with van der Waals surface area (Å²) in [5, 5.41) is 13.2. The van der Waals surface area contributed by atoms with Crippen molar-refractivity contribution in [2.45, 2.75) is 6.92 Å². The van der Waals surface area contributed by atoms with Gasteiger partial charge in [0, 0.05) is 29.1 Å². The van der Waals surface area contributed by atoms with E-state index in [1.807, 2.05) is 13.0 Å². The second kappa shape index (κ2) is 5.42. The summed E-state index contributed by atoms with van der Waals surface area (Å²) in [5.41, 5.74) is 1.33. The number of carbonyl (C=O) groups excluding carboxylic acids is 1. The van der Waals surface area contributed by atoms with Crippen LogP contribution in [0.1, 0.15) is 17.4 Å². The molecule has 2 aromatic rings. The first kappa shape index (κ1) is 12.9. The van der Waals surface area contributed by atoms with Crippen LogP contribution in [0.15, 0.2) is 24.3 Å². The number of aromatic amines is 1. The first-order chi connectivity index (χ1) is 8.60. The fraction of sp³-hybridized carbons (Fsp3) is 0.308. The third-order valence-electron chi connectivity index (χ3n) is 2.75. The van der Waals surface area contributed by atoms with Gasteiger partial charge in [-0.2, -0.15) is 0 Å². The molecule has 1 aromatic heterocycles. The molecule has 3 N–H and O–H groups in total. The molecule has 0 fully saturated rings. The fourth-order valence-corrected chi connectivity index (χ4v) is 1.82. The summed E-state index contributed by atoms with van der Waals surface area (Å²) in [6.07, 6.45) is 0. The molecule has 0 saturated heterocycles. The molecular formula is C13H15ClN2O2. The van der Waals surface area contributed by atoms with Crippen molar-refractivity contribution in [1.82, 2.24) is 10.3 Å². The highest BCUT2D eigenvalue weighted by Crippen LogP contribution is 2.19. The minimum Gasteiger partial charge on any atom is -0.396 e. The second-order valence-electron chi connectivity index (χ2n) is 4.41. The molecule has 1 unspecified atom stereocenters. The number of hydrogen-bond donors (Lipinski definition) is 3. The zero-order chi connectivity index (χ0) is 13.1. The first-order valence-electron chi connectivity index (χ1n) is 5.77. The van der Waals surface area contributed by atoms with E-state index in [-0.39, 0.29) is 18.4 Å². The number of halogens is 1. The summed E-state index contributed by atoms with van der Waals surface area (Å²) < 4.78 is 0. The maximum atomic E-state index is 11.9. The van der Waals surface area contributed by atoms with E-state index in [0.29, 0.717) is 17.3 Å². The van der Waals surface area contributed by atoms with Gasteiger partial charge in [0.2, 0.25) is 0 Å². The highest BCUT2D eigenvalue weighted by Gasteiger charge is 2.10. The van der Waals surface area contributed by atoms with Gasteiger partial charge in [-0.15, -0.1) is 0 Å². The summed E-state index contributed by atoms with van der Waals surface area (Å²) in [6, 6.07) is 7.21. The van der Waals surface area contributed by atoms with Crippen molar-refractivity contribution in [3.05, 3.63) is 35.0 Å². The average Bonchev–Trinajstić information content (AvgIpc) is 2.78. The molecule has 1 atom stereocenters. The van der Waals surface area contributed by atoms with Crippen LogP contribution in [-0.2, 0) is 0 Å².